The number of hydrogen-bond donors (Lipinski definition) is 1. The molecule has 0 bridgehead atoms. The van der Waals surface area contributed by atoms with E-state index in [1.165, 1.54) is 0 Å². The minimum atomic E-state index is -0.294. The molecule has 8 nitrogen and oxygen atoms in total. The minimum Gasteiger partial charge on any atom is -0.445 e. The molecule has 1 fully saturated rings. The van der Waals surface area contributed by atoms with Crippen molar-refractivity contribution in [1.82, 2.24) is 15.0 Å². The minimum absolute atomic E-state index is 0.104. The third-order valence-corrected chi connectivity index (χ3v) is 4.39. The van der Waals surface area contributed by atoms with Crippen molar-refractivity contribution in [1.29, 1.82) is 0 Å². The quantitative estimate of drug-likeness (QED) is 0.837. The van der Waals surface area contributed by atoms with E-state index in [4.69, 9.17) is 9.26 Å². The number of aromatic nitrogens is 1. The fraction of sp³-hybridized carbons (Fsp3) is 0.421. The molecule has 0 atom stereocenters. The number of anilines is 1. The molecule has 0 radical (unpaired) electrons. The molecule has 1 saturated heterocycles. The summed E-state index contributed by atoms with van der Waals surface area (Å²) >= 11 is 0. The van der Waals surface area contributed by atoms with Crippen LogP contribution < -0.4 is 5.32 Å². The largest absolute Gasteiger partial charge is 0.445 e. The van der Waals surface area contributed by atoms with Crippen molar-refractivity contribution in [2.75, 3.05) is 38.0 Å². The Morgan fingerprint density at radius 1 is 1.19 bits per heavy atom. The standard InChI is InChI=1S/C19H24N4O4/c1-15-13-17(21-27-15)20-18(24)7-8-22-9-11-23(12-10-22)19(25)26-14-16-5-3-2-4-6-16/h2-6,13H,7-12,14H2,1H3,(H,20,21,24). The van der Waals surface area contributed by atoms with Crippen LogP contribution in [0.5, 0.6) is 0 Å². The van der Waals surface area contributed by atoms with E-state index < -0.39 is 0 Å². The van der Waals surface area contributed by atoms with Gasteiger partial charge < -0.3 is 19.5 Å². The van der Waals surface area contributed by atoms with Gasteiger partial charge >= 0.3 is 6.09 Å². The second-order valence-electron chi connectivity index (χ2n) is 6.49. The van der Waals surface area contributed by atoms with Crippen LogP contribution in [0, 0.1) is 6.92 Å². The summed E-state index contributed by atoms with van der Waals surface area (Å²) in [5.74, 6) is 0.983. The first-order chi connectivity index (χ1) is 13.1. The topological polar surface area (TPSA) is 87.9 Å². The Morgan fingerprint density at radius 3 is 2.59 bits per heavy atom. The lowest BCUT2D eigenvalue weighted by molar-refractivity contribution is -0.116. The molecule has 3 rings (SSSR count). The maximum Gasteiger partial charge on any atom is 0.410 e. The summed E-state index contributed by atoms with van der Waals surface area (Å²) in [5.41, 5.74) is 0.970. The normalized spacial score (nSPS) is 14.8. The molecule has 0 unspecified atom stereocenters. The van der Waals surface area contributed by atoms with Gasteiger partial charge in [-0.15, -0.1) is 0 Å². The van der Waals surface area contributed by atoms with Crippen molar-refractivity contribution in [3.8, 4) is 0 Å². The van der Waals surface area contributed by atoms with Crippen LogP contribution in [0.1, 0.15) is 17.7 Å². The van der Waals surface area contributed by atoms with E-state index in [0.29, 0.717) is 37.6 Å². The maximum absolute atomic E-state index is 12.2. The van der Waals surface area contributed by atoms with E-state index in [1.807, 2.05) is 30.3 Å². The lowest BCUT2D eigenvalue weighted by atomic mass is 10.2. The van der Waals surface area contributed by atoms with Crippen LogP contribution >= 0.6 is 0 Å². The zero-order chi connectivity index (χ0) is 19.1. The fourth-order valence-corrected chi connectivity index (χ4v) is 2.85. The highest BCUT2D eigenvalue weighted by Gasteiger charge is 2.22. The Morgan fingerprint density at radius 2 is 1.93 bits per heavy atom. The lowest BCUT2D eigenvalue weighted by Crippen LogP contribution is -2.49. The van der Waals surface area contributed by atoms with Crippen LogP contribution in [0.15, 0.2) is 40.9 Å². The van der Waals surface area contributed by atoms with Gasteiger partial charge in [-0.1, -0.05) is 35.5 Å². The van der Waals surface area contributed by atoms with Gasteiger partial charge in [-0.3, -0.25) is 9.69 Å². The number of benzene rings is 1. The number of nitrogens with zero attached hydrogens (tertiary/aromatic N) is 3. The van der Waals surface area contributed by atoms with Crippen molar-refractivity contribution < 1.29 is 18.8 Å². The Balaban J connectivity index is 1.33. The number of hydrogen-bond acceptors (Lipinski definition) is 6. The molecule has 1 aromatic heterocycles. The number of carbonyl (C=O) groups is 2. The maximum atomic E-state index is 12.2. The van der Waals surface area contributed by atoms with Gasteiger partial charge in [0.15, 0.2) is 5.82 Å². The summed E-state index contributed by atoms with van der Waals surface area (Å²) < 4.78 is 10.3. The van der Waals surface area contributed by atoms with E-state index in [-0.39, 0.29) is 18.6 Å². The van der Waals surface area contributed by atoms with Gasteiger partial charge in [-0.05, 0) is 12.5 Å². The molecule has 2 heterocycles. The molecule has 1 aromatic carbocycles. The molecule has 27 heavy (non-hydrogen) atoms. The van der Waals surface area contributed by atoms with Crippen LogP contribution in [0.2, 0.25) is 0 Å². The van der Waals surface area contributed by atoms with Crippen LogP contribution in [-0.2, 0) is 16.1 Å². The van der Waals surface area contributed by atoms with Gasteiger partial charge in [-0.2, -0.15) is 0 Å². The molecule has 1 aliphatic rings. The number of rotatable bonds is 6. The highest BCUT2D eigenvalue weighted by Crippen LogP contribution is 2.09. The Labute approximate surface area is 158 Å². The smallest absolute Gasteiger partial charge is 0.410 e. The van der Waals surface area contributed by atoms with Crippen LogP contribution in [-0.4, -0.2) is 59.7 Å². The number of nitrogens with one attached hydrogen (secondary N) is 1. The highest BCUT2D eigenvalue weighted by atomic mass is 16.6. The van der Waals surface area contributed by atoms with E-state index in [2.05, 4.69) is 15.4 Å². The third kappa shape index (κ3) is 5.82. The summed E-state index contributed by atoms with van der Waals surface area (Å²) in [5, 5.41) is 6.45. The SMILES string of the molecule is Cc1cc(NC(=O)CCN2CCN(C(=O)OCc3ccccc3)CC2)no1. The van der Waals surface area contributed by atoms with Crippen LogP contribution in [0.4, 0.5) is 10.6 Å². The Bertz CT molecular complexity index is 754. The molecule has 1 aliphatic heterocycles. The van der Waals surface area contributed by atoms with Gasteiger partial charge in [0.25, 0.3) is 0 Å². The second kappa shape index (κ2) is 9.18. The summed E-state index contributed by atoms with van der Waals surface area (Å²) in [6, 6.07) is 11.3. The zero-order valence-corrected chi connectivity index (χ0v) is 15.4. The zero-order valence-electron chi connectivity index (χ0n) is 15.4. The monoisotopic (exact) mass is 372 g/mol. The summed E-state index contributed by atoms with van der Waals surface area (Å²) in [4.78, 5) is 28.0. The average molecular weight is 372 g/mol. The number of carbonyl (C=O) groups excluding carboxylic acids is 2. The number of ether oxygens (including phenoxy) is 1. The van der Waals surface area contributed by atoms with E-state index in [1.54, 1.807) is 17.9 Å². The Hall–Kier alpha value is -2.87. The van der Waals surface area contributed by atoms with Crippen molar-refractivity contribution in [3.05, 3.63) is 47.7 Å². The highest BCUT2D eigenvalue weighted by molar-refractivity contribution is 5.89. The second-order valence-corrected chi connectivity index (χ2v) is 6.49. The number of amides is 2. The average Bonchev–Trinajstić information content (AvgIpc) is 3.10. The van der Waals surface area contributed by atoms with Crippen molar-refractivity contribution >= 4 is 17.8 Å². The first-order valence-corrected chi connectivity index (χ1v) is 9.01. The summed E-state index contributed by atoms with van der Waals surface area (Å²) in [6.45, 7) is 5.31. The summed E-state index contributed by atoms with van der Waals surface area (Å²) in [6.07, 6.45) is 0.0716. The first kappa shape index (κ1) is 18.9. The molecule has 8 heteroatoms. The van der Waals surface area contributed by atoms with Gasteiger partial charge in [0.1, 0.15) is 12.4 Å². The molecular formula is C19H24N4O4. The lowest BCUT2D eigenvalue weighted by Gasteiger charge is -2.33. The Kier molecular flexibility index (Phi) is 6.43. The van der Waals surface area contributed by atoms with E-state index in [9.17, 15) is 9.59 Å². The van der Waals surface area contributed by atoms with Crippen LogP contribution in [0.25, 0.3) is 0 Å². The van der Waals surface area contributed by atoms with Gasteiger partial charge in [0.05, 0.1) is 0 Å². The van der Waals surface area contributed by atoms with Gasteiger partial charge in [0.2, 0.25) is 5.91 Å². The molecule has 0 aliphatic carbocycles. The molecule has 144 valence electrons. The van der Waals surface area contributed by atoms with Crippen LogP contribution in [0.3, 0.4) is 0 Å². The van der Waals surface area contributed by atoms with Crippen molar-refractivity contribution in [2.24, 2.45) is 0 Å². The molecule has 0 spiro atoms. The predicted octanol–water partition coefficient (Wildman–Crippen LogP) is 2.27. The van der Waals surface area contributed by atoms with E-state index in [0.717, 1.165) is 18.7 Å². The summed E-state index contributed by atoms with van der Waals surface area (Å²) in [7, 11) is 0. The first-order valence-electron chi connectivity index (χ1n) is 9.01. The van der Waals surface area contributed by atoms with Gasteiger partial charge in [0, 0.05) is 45.2 Å². The van der Waals surface area contributed by atoms with Crippen molar-refractivity contribution in [2.45, 2.75) is 20.0 Å². The van der Waals surface area contributed by atoms with Gasteiger partial charge in [-0.25, -0.2) is 4.79 Å². The number of piperazine rings is 1. The molecular weight excluding hydrogens is 348 g/mol. The molecule has 1 N–H and O–H groups in total. The van der Waals surface area contributed by atoms with Crippen molar-refractivity contribution in [3.63, 3.8) is 0 Å². The third-order valence-electron chi connectivity index (χ3n) is 4.39. The number of aryl methyl sites for hydroxylation is 1. The molecule has 0 saturated carbocycles. The van der Waals surface area contributed by atoms with E-state index >= 15 is 0 Å². The fourth-order valence-electron chi connectivity index (χ4n) is 2.85. The molecule has 2 amide bonds. The predicted molar refractivity (Wildman–Crippen MR) is 99.1 cm³/mol. The molecule has 2 aromatic rings.